The lowest BCUT2D eigenvalue weighted by Crippen LogP contribution is -2.23. The van der Waals surface area contributed by atoms with Gasteiger partial charge in [0.1, 0.15) is 5.75 Å². The number of primary amides is 1. The fourth-order valence-electron chi connectivity index (χ4n) is 4.45. The zero-order valence-electron chi connectivity index (χ0n) is 23.5. The maximum atomic E-state index is 13.0. The number of carbonyl (C=O) groups is 2. The van der Waals surface area contributed by atoms with Crippen molar-refractivity contribution in [1.82, 2.24) is 19.9 Å². The molecule has 12 heteroatoms. The van der Waals surface area contributed by atoms with E-state index in [-0.39, 0.29) is 28.9 Å². The summed E-state index contributed by atoms with van der Waals surface area (Å²) in [6.07, 6.45) is 1.13. The number of hydrogen-bond donors (Lipinski definition) is 2. The van der Waals surface area contributed by atoms with Gasteiger partial charge in [-0.2, -0.15) is 9.97 Å². The second kappa shape index (κ2) is 11.5. The molecule has 2 amide bonds. The zero-order chi connectivity index (χ0) is 30.9. The van der Waals surface area contributed by atoms with Crippen molar-refractivity contribution in [3.05, 3.63) is 117 Å². The Labute approximate surface area is 246 Å². The highest BCUT2D eigenvalue weighted by Gasteiger charge is 2.15. The Morgan fingerprint density at radius 3 is 2.21 bits per heavy atom. The highest BCUT2D eigenvalue weighted by molar-refractivity contribution is 7.90. The number of aryl methyl sites for hydroxylation is 2. The van der Waals surface area contributed by atoms with Crippen molar-refractivity contribution in [3.8, 4) is 17.4 Å². The van der Waals surface area contributed by atoms with Crippen LogP contribution in [0.1, 0.15) is 37.5 Å². The van der Waals surface area contributed by atoms with Crippen LogP contribution in [0, 0.1) is 13.8 Å². The van der Waals surface area contributed by atoms with Gasteiger partial charge in [-0.3, -0.25) is 19.0 Å². The first-order chi connectivity index (χ1) is 20.4. The van der Waals surface area contributed by atoms with E-state index in [1.807, 2.05) is 0 Å². The molecule has 0 radical (unpaired) electrons. The number of aromatic nitrogens is 3. The minimum Gasteiger partial charge on any atom is -0.424 e. The van der Waals surface area contributed by atoms with Crippen LogP contribution in [0.4, 0.5) is 0 Å². The topological polar surface area (TPSA) is 163 Å². The molecule has 0 saturated heterocycles. The monoisotopic (exact) mass is 597 g/mol. The van der Waals surface area contributed by atoms with Gasteiger partial charge in [-0.15, -0.1) is 0 Å². The average Bonchev–Trinajstić information content (AvgIpc) is 2.96. The van der Waals surface area contributed by atoms with E-state index >= 15 is 0 Å². The van der Waals surface area contributed by atoms with Crippen LogP contribution >= 0.6 is 0 Å². The summed E-state index contributed by atoms with van der Waals surface area (Å²) >= 11 is 0. The second-order valence-electron chi connectivity index (χ2n) is 9.93. The van der Waals surface area contributed by atoms with Gasteiger partial charge in [0.2, 0.25) is 5.91 Å². The van der Waals surface area contributed by atoms with Gasteiger partial charge in [0.25, 0.3) is 11.5 Å². The van der Waals surface area contributed by atoms with Gasteiger partial charge in [0, 0.05) is 35.4 Å². The van der Waals surface area contributed by atoms with Crippen LogP contribution in [0.2, 0.25) is 0 Å². The number of hydrogen-bond acceptors (Lipinski definition) is 8. The Morgan fingerprint density at radius 2 is 1.58 bits per heavy atom. The number of sulfone groups is 1. The summed E-state index contributed by atoms with van der Waals surface area (Å²) in [7, 11) is -3.30. The van der Waals surface area contributed by atoms with E-state index in [1.165, 1.54) is 22.8 Å². The molecule has 5 rings (SSSR count). The molecule has 0 saturated carbocycles. The number of benzene rings is 3. The number of pyridine rings is 1. The molecule has 3 aromatic carbocycles. The second-order valence-corrected chi connectivity index (χ2v) is 11.9. The first kappa shape index (κ1) is 29.1. The standard InChI is InChI=1S/C31H27N5O6S/c1-18-16-22(28(32)38)8-14-26(18)42-31-34-19(2)25-13-15-27(37)36(29(25)35-31)23-9-6-21(7-10-23)30(39)33-17-20-4-11-24(12-5-20)43(3,40)41/h4-16H,17H2,1-3H3,(H2,32,38)(H,33,39). The Balaban J connectivity index is 1.40. The van der Waals surface area contributed by atoms with Crippen LogP contribution in [-0.2, 0) is 16.4 Å². The zero-order valence-corrected chi connectivity index (χ0v) is 24.3. The molecule has 0 atom stereocenters. The predicted molar refractivity (Wildman–Crippen MR) is 160 cm³/mol. The summed E-state index contributed by atoms with van der Waals surface area (Å²) in [5.41, 5.74) is 8.51. The number of ether oxygens (including phenoxy) is 1. The Kier molecular flexibility index (Phi) is 7.79. The number of fused-ring (bicyclic) bond motifs is 1. The molecular weight excluding hydrogens is 570 g/mol. The molecule has 0 fully saturated rings. The number of carbonyl (C=O) groups excluding carboxylic acids is 2. The van der Waals surface area contributed by atoms with Gasteiger partial charge in [-0.05, 0) is 85.6 Å². The Hall–Kier alpha value is -5.36. The minimum absolute atomic E-state index is 0.0137. The molecule has 2 aromatic heterocycles. The van der Waals surface area contributed by atoms with Gasteiger partial charge in [-0.1, -0.05) is 12.1 Å². The van der Waals surface area contributed by atoms with Crippen LogP contribution < -0.4 is 21.3 Å². The van der Waals surface area contributed by atoms with Crippen molar-refractivity contribution in [1.29, 1.82) is 0 Å². The summed E-state index contributed by atoms with van der Waals surface area (Å²) in [6, 6.07) is 20.6. The van der Waals surface area contributed by atoms with Crippen LogP contribution in [0.25, 0.3) is 16.7 Å². The van der Waals surface area contributed by atoms with E-state index in [9.17, 15) is 22.8 Å². The SMILES string of the molecule is Cc1cc(C(N)=O)ccc1Oc1nc(C)c2ccc(=O)n(-c3ccc(C(=O)NCc4ccc(S(C)(=O)=O)cc4)cc3)c2n1. The summed E-state index contributed by atoms with van der Waals surface area (Å²) in [5, 5.41) is 3.44. The number of nitrogens with two attached hydrogens (primary N) is 1. The smallest absolute Gasteiger partial charge is 0.324 e. The van der Waals surface area contributed by atoms with E-state index < -0.39 is 15.7 Å². The Bertz CT molecular complexity index is 2050. The summed E-state index contributed by atoms with van der Waals surface area (Å²) in [4.78, 5) is 46.5. The van der Waals surface area contributed by atoms with Crippen molar-refractivity contribution < 1.29 is 22.7 Å². The van der Waals surface area contributed by atoms with Gasteiger partial charge >= 0.3 is 6.01 Å². The van der Waals surface area contributed by atoms with Crippen molar-refractivity contribution >= 4 is 32.7 Å². The van der Waals surface area contributed by atoms with Crippen LogP contribution in [0.3, 0.4) is 0 Å². The van der Waals surface area contributed by atoms with E-state index in [0.29, 0.717) is 44.9 Å². The third kappa shape index (κ3) is 6.28. The van der Waals surface area contributed by atoms with Gasteiger partial charge < -0.3 is 15.8 Å². The largest absolute Gasteiger partial charge is 0.424 e. The molecule has 218 valence electrons. The maximum absolute atomic E-state index is 13.0. The molecule has 5 aromatic rings. The van der Waals surface area contributed by atoms with Gasteiger partial charge in [0.05, 0.1) is 16.3 Å². The highest BCUT2D eigenvalue weighted by Crippen LogP contribution is 2.26. The average molecular weight is 598 g/mol. The highest BCUT2D eigenvalue weighted by atomic mass is 32.2. The third-order valence-electron chi connectivity index (χ3n) is 6.77. The lowest BCUT2D eigenvalue weighted by atomic mass is 10.1. The van der Waals surface area contributed by atoms with E-state index in [2.05, 4.69) is 15.3 Å². The number of nitrogens with one attached hydrogen (secondary N) is 1. The quantitative estimate of drug-likeness (QED) is 0.274. The normalized spacial score (nSPS) is 11.3. The molecule has 0 spiro atoms. The molecule has 0 aliphatic carbocycles. The fraction of sp³-hybridized carbons (Fsp3) is 0.129. The third-order valence-corrected chi connectivity index (χ3v) is 7.90. The summed E-state index contributed by atoms with van der Waals surface area (Å²) in [5.74, 6) is -0.466. The molecule has 43 heavy (non-hydrogen) atoms. The molecule has 0 aliphatic heterocycles. The molecule has 3 N–H and O–H groups in total. The van der Waals surface area contributed by atoms with Crippen molar-refractivity contribution in [2.75, 3.05) is 6.26 Å². The molecule has 11 nitrogen and oxygen atoms in total. The molecule has 2 heterocycles. The maximum Gasteiger partial charge on any atom is 0.324 e. The number of nitrogens with zero attached hydrogens (tertiary/aromatic N) is 3. The van der Waals surface area contributed by atoms with E-state index in [1.54, 1.807) is 74.5 Å². The van der Waals surface area contributed by atoms with Crippen LogP contribution in [0.15, 0.2) is 88.6 Å². The van der Waals surface area contributed by atoms with Crippen molar-refractivity contribution in [3.63, 3.8) is 0 Å². The first-order valence-electron chi connectivity index (χ1n) is 13.1. The van der Waals surface area contributed by atoms with Crippen molar-refractivity contribution in [2.45, 2.75) is 25.3 Å². The van der Waals surface area contributed by atoms with E-state index in [4.69, 9.17) is 10.5 Å². The molecule has 0 aliphatic rings. The summed E-state index contributed by atoms with van der Waals surface area (Å²) < 4.78 is 30.6. The number of amides is 2. The first-order valence-corrected chi connectivity index (χ1v) is 15.0. The summed E-state index contributed by atoms with van der Waals surface area (Å²) in [6.45, 7) is 3.74. The van der Waals surface area contributed by atoms with Gasteiger partial charge in [0.15, 0.2) is 15.5 Å². The van der Waals surface area contributed by atoms with Crippen LogP contribution in [-0.4, -0.2) is 41.0 Å². The molecular formula is C31H27N5O6S. The lowest BCUT2D eigenvalue weighted by Gasteiger charge is -2.13. The van der Waals surface area contributed by atoms with E-state index in [0.717, 1.165) is 11.8 Å². The van der Waals surface area contributed by atoms with Gasteiger partial charge in [-0.25, -0.2) is 8.42 Å². The Morgan fingerprint density at radius 1 is 0.907 bits per heavy atom. The molecule has 0 bridgehead atoms. The van der Waals surface area contributed by atoms with Crippen LogP contribution in [0.5, 0.6) is 11.8 Å². The fourth-order valence-corrected chi connectivity index (χ4v) is 5.08. The van der Waals surface area contributed by atoms with Crippen molar-refractivity contribution in [2.24, 2.45) is 5.73 Å². The number of rotatable bonds is 8. The predicted octanol–water partition coefficient (Wildman–Crippen LogP) is 3.62. The lowest BCUT2D eigenvalue weighted by molar-refractivity contribution is 0.0949. The minimum atomic E-state index is -3.30. The molecule has 0 unspecified atom stereocenters.